The van der Waals surface area contributed by atoms with Crippen molar-refractivity contribution in [3.63, 3.8) is 0 Å². The van der Waals surface area contributed by atoms with E-state index in [2.05, 4.69) is 5.32 Å². The highest BCUT2D eigenvalue weighted by Crippen LogP contribution is 2.49. The molecule has 4 aliphatic rings. The second-order valence-electron chi connectivity index (χ2n) is 17.0. The number of methoxy groups -OCH3 is 1. The van der Waals surface area contributed by atoms with E-state index in [-0.39, 0.29) is 57.0 Å². The van der Waals surface area contributed by atoms with Gasteiger partial charge in [-0.3, -0.25) is 19.2 Å². The van der Waals surface area contributed by atoms with E-state index in [0.29, 0.717) is 5.56 Å². The molecule has 3 heterocycles. The third kappa shape index (κ3) is 9.10. The molecule has 3 aromatic rings. The first kappa shape index (κ1) is 46.5. The first-order valence-electron chi connectivity index (χ1n) is 21.0. The average molecular weight is 862 g/mol. The SMILES string of the molecule is CO[C@H]1/C=C/O[C@@]2(C)Oc3c(C)c(OC(=O)c4ccc(C)cc4)c4c(c3C2=O)C(=O)C(Cc2ccccc2)=C(NC(=O)/C(C)=C\C=C\[C@H](C)[C@H](O)[C@@H](C)[C@H](O)[C@H](C)[C@H](O)[C@@H]1C)C4=O. The molecule has 9 atom stereocenters. The molecule has 0 fully saturated rings. The van der Waals surface area contributed by atoms with Gasteiger partial charge < -0.3 is 39.6 Å². The van der Waals surface area contributed by atoms with Gasteiger partial charge in [0.2, 0.25) is 5.78 Å². The monoisotopic (exact) mass is 861 g/mol. The second kappa shape index (κ2) is 18.8. The molecule has 7 rings (SSSR count). The van der Waals surface area contributed by atoms with Gasteiger partial charge in [-0.2, -0.15) is 0 Å². The van der Waals surface area contributed by atoms with E-state index in [1.54, 1.807) is 94.4 Å². The maximum Gasteiger partial charge on any atom is 0.343 e. The molecular formula is C50H55NO12. The average Bonchev–Trinajstić information content (AvgIpc) is 3.53. The number of benzene rings is 3. The standard InChI is InChI=1S/C50H55NO12/c1-25-18-20-33(21-19-25)49(59)62-45-31(7)46-38-36-37(45)44(56)39(34(43(36)55)24-32-16-11-10-12-17-32)51-48(58)27(3)15-13-14-26(2)40(52)29(5)42(54)30(6)41(53)28(4)35(60-9)22-23-61-50(8,63-46)47(38)57/h10-23,26,28-30,35,40-42,52-54H,24H2,1-9H3,(H,51,58)/b14-13+,23-22+,27-15-/t26-,28+,29+,30+,35-,40-,41+,42-,50-/m0/s1. The van der Waals surface area contributed by atoms with E-state index in [1.165, 1.54) is 46.3 Å². The number of esters is 1. The van der Waals surface area contributed by atoms with Crippen LogP contribution >= 0.6 is 0 Å². The molecule has 63 heavy (non-hydrogen) atoms. The Labute approximate surface area is 367 Å². The number of nitrogens with one attached hydrogen (secondary N) is 1. The van der Waals surface area contributed by atoms with Crippen LogP contribution in [0.15, 0.2) is 102 Å². The number of aliphatic hydroxyl groups is 3. The highest BCUT2D eigenvalue weighted by Gasteiger charge is 2.53. The van der Waals surface area contributed by atoms with Gasteiger partial charge >= 0.3 is 11.8 Å². The van der Waals surface area contributed by atoms with Crippen molar-refractivity contribution in [2.24, 2.45) is 23.7 Å². The molecule has 0 saturated heterocycles. The van der Waals surface area contributed by atoms with Crippen LogP contribution in [0.2, 0.25) is 0 Å². The zero-order chi connectivity index (χ0) is 46.1. The van der Waals surface area contributed by atoms with Crippen molar-refractivity contribution in [3.8, 4) is 11.5 Å². The van der Waals surface area contributed by atoms with Crippen molar-refractivity contribution in [2.45, 2.75) is 92.0 Å². The van der Waals surface area contributed by atoms with E-state index in [9.17, 15) is 29.7 Å². The van der Waals surface area contributed by atoms with Gasteiger partial charge in [0.1, 0.15) is 11.5 Å². The van der Waals surface area contributed by atoms with E-state index >= 15 is 9.59 Å². The number of hydrogen-bond donors (Lipinski definition) is 4. The fraction of sp³-hybridized carbons (Fsp3) is 0.380. The Balaban J connectivity index is 1.56. The number of ether oxygens (including phenoxy) is 4. The Bertz CT molecular complexity index is 2430. The Hall–Kier alpha value is -5.99. The molecule has 0 spiro atoms. The Kier molecular flexibility index (Phi) is 13.9. The van der Waals surface area contributed by atoms with Crippen molar-refractivity contribution in [2.75, 3.05) is 7.11 Å². The number of carbonyl (C=O) groups is 5. The van der Waals surface area contributed by atoms with Crippen LogP contribution in [0.5, 0.6) is 11.5 Å². The van der Waals surface area contributed by atoms with Crippen LogP contribution in [0.3, 0.4) is 0 Å². The molecule has 13 heteroatoms. The fourth-order valence-corrected chi connectivity index (χ4v) is 8.29. The summed E-state index contributed by atoms with van der Waals surface area (Å²) in [5.74, 6) is -9.22. The minimum atomic E-state index is -2.12. The number of aliphatic hydroxyl groups excluding tert-OH is 3. The minimum absolute atomic E-state index is 0.0449. The topological polar surface area (TPSA) is 195 Å². The zero-order valence-corrected chi connectivity index (χ0v) is 36.9. The highest BCUT2D eigenvalue weighted by atomic mass is 16.7. The largest absolute Gasteiger partial charge is 0.454 e. The summed E-state index contributed by atoms with van der Waals surface area (Å²) < 4.78 is 24.0. The van der Waals surface area contributed by atoms with Crippen LogP contribution in [0.4, 0.5) is 0 Å². The molecule has 332 valence electrons. The number of amides is 1. The normalized spacial score (nSPS) is 29.9. The van der Waals surface area contributed by atoms with Gasteiger partial charge in [-0.05, 0) is 44.5 Å². The molecule has 0 aromatic heterocycles. The Morgan fingerprint density at radius 1 is 0.794 bits per heavy atom. The van der Waals surface area contributed by atoms with E-state index in [4.69, 9.17) is 18.9 Å². The lowest BCUT2D eigenvalue weighted by Gasteiger charge is -2.36. The molecule has 4 N–H and O–H groups in total. The first-order chi connectivity index (χ1) is 29.8. The van der Waals surface area contributed by atoms with Crippen LogP contribution in [-0.2, 0) is 20.7 Å². The summed E-state index contributed by atoms with van der Waals surface area (Å²) in [6, 6.07) is 15.3. The van der Waals surface area contributed by atoms with Crippen LogP contribution in [0.1, 0.15) is 99.7 Å². The number of rotatable bonds is 5. The van der Waals surface area contributed by atoms with Crippen molar-refractivity contribution >= 4 is 29.2 Å². The summed E-state index contributed by atoms with van der Waals surface area (Å²) in [5, 5.41) is 36.7. The van der Waals surface area contributed by atoms with Crippen molar-refractivity contribution in [3.05, 3.63) is 141 Å². The van der Waals surface area contributed by atoms with E-state index in [0.717, 1.165) is 5.56 Å². The summed E-state index contributed by atoms with van der Waals surface area (Å²) in [5.41, 5.74) is 0.287. The molecule has 0 saturated carbocycles. The molecule has 3 aliphatic heterocycles. The summed E-state index contributed by atoms with van der Waals surface area (Å²) in [4.78, 5) is 72.7. The highest BCUT2D eigenvalue weighted by molar-refractivity contribution is 6.33. The molecular weight excluding hydrogens is 807 g/mol. The number of hydrogen-bond acceptors (Lipinski definition) is 12. The summed E-state index contributed by atoms with van der Waals surface area (Å²) >= 11 is 0. The zero-order valence-electron chi connectivity index (χ0n) is 36.9. The van der Waals surface area contributed by atoms with Gasteiger partial charge in [0.05, 0.1) is 58.6 Å². The van der Waals surface area contributed by atoms with E-state index in [1.807, 2.05) is 6.92 Å². The first-order valence-corrected chi connectivity index (χ1v) is 21.0. The van der Waals surface area contributed by atoms with Crippen molar-refractivity contribution in [1.29, 1.82) is 0 Å². The van der Waals surface area contributed by atoms with Gasteiger partial charge in [0.15, 0.2) is 5.78 Å². The number of fused-ring (bicyclic) bond motifs is 14. The van der Waals surface area contributed by atoms with E-state index < -0.39 is 88.7 Å². The van der Waals surface area contributed by atoms with Gasteiger partial charge in [-0.1, -0.05) is 94.0 Å². The summed E-state index contributed by atoms with van der Waals surface area (Å²) in [6.45, 7) is 13.0. The number of aryl methyl sites for hydroxylation is 1. The lowest BCUT2D eigenvalue weighted by atomic mass is 9.78. The van der Waals surface area contributed by atoms with Crippen LogP contribution in [0.25, 0.3) is 0 Å². The number of carbonyl (C=O) groups excluding carboxylic acids is 5. The van der Waals surface area contributed by atoms with Crippen LogP contribution < -0.4 is 14.8 Å². The quantitative estimate of drug-likeness (QED) is 0.161. The fourth-order valence-electron chi connectivity index (χ4n) is 8.29. The third-order valence-corrected chi connectivity index (χ3v) is 12.5. The molecule has 1 aliphatic carbocycles. The maximum absolute atomic E-state index is 15.1. The maximum atomic E-state index is 15.1. The summed E-state index contributed by atoms with van der Waals surface area (Å²) in [7, 11) is 1.43. The molecule has 3 aromatic carbocycles. The number of Topliss-reactive ketones (excluding diaryl/α,β-unsaturated/α-hetero) is 3. The lowest BCUT2D eigenvalue weighted by molar-refractivity contribution is -0.116. The second-order valence-corrected chi connectivity index (χ2v) is 17.0. The van der Waals surface area contributed by atoms with Gasteiger partial charge in [0.25, 0.3) is 11.7 Å². The number of ketones is 3. The van der Waals surface area contributed by atoms with Crippen molar-refractivity contribution in [1.82, 2.24) is 5.32 Å². The predicted molar refractivity (Wildman–Crippen MR) is 233 cm³/mol. The number of allylic oxidation sites excluding steroid dienone is 4. The molecule has 13 nitrogen and oxygen atoms in total. The molecule has 0 unspecified atom stereocenters. The van der Waals surface area contributed by atoms with Crippen molar-refractivity contribution < 1.29 is 58.2 Å². The molecule has 0 radical (unpaired) electrons. The molecule has 5 bridgehead atoms. The Morgan fingerprint density at radius 3 is 2.08 bits per heavy atom. The molecule has 1 amide bonds. The van der Waals surface area contributed by atoms with Crippen LogP contribution in [-0.4, -0.2) is 81.9 Å². The van der Waals surface area contributed by atoms with Gasteiger partial charge in [0, 0.05) is 60.8 Å². The smallest absolute Gasteiger partial charge is 0.343 e. The van der Waals surface area contributed by atoms with Gasteiger partial charge in [-0.25, -0.2) is 4.79 Å². The minimum Gasteiger partial charge on any atom is -0.454 e. The van der Waals surface area contributed by atoms with Crippen LogP contribution in [0, 0.1) is 37.5 Å². The Morgan fingerprint density at radius 2 is 1.43 bits per heavy atom. The predicted octanol–water partition coefficient (Wildman–Crippen LogP) is 6.49. The third-order valence-electron chi connectivity index (χ3n) is 12.5. The summed E-state index contributed by atoms with van der Waals surface area (Å²) in [6.07, 6.45) is 3.11. The van der Waals surface area contributed by atoms with Gasteiger partial charge in [-0.15, -0.1) is 0 Å². The lowest BCUT2D eigenvalue weighted by Crippen LogP contribution is -2.45.